The van der Waals surface area contributed by atoms with Crippen LogP contribution in [0.15, 0.2) is 36.7 Å². The first-order valence-electron chi connectivity index (χ1n) is 7.17. The van der Waals surface area contributed by atoms with E-state index < -0.39 is 0 Å². The van der Waals surface area contributed by atoms with Gasteiger partial charge in [-0.1, -0.05) is 31.2 Å². The molecule has 1 unspecified atom stereocenters. The van der Waals surface area contributed by atoms with E-state index in [0.29, 0.717) is 5.92 Å². The number of nitrogens with one attached hydrogen (secondary N) is 1. The van der Waals surface area contributed by atoms with Gasteiger partial charge in [0.05, 0.1) is 6.54 Å². The Balaban J connectivity index is 1.51. The number of nitrogens with zero attached hydrogens (tertiary/aromatic N) is 2. The van der Waals surface area contributed by atoms with Gasteiger partial charge in [0.1, 0.15) is 5.82 Å². The molecule has 3 rings (SSSR count). The van der Waals surface area contributed by atoms with E-state index in [1.54, 1.807) is 0 Å². The van der Waals surface area contributed by atoms with Crippen LogP contribution in [-0.4, -0.2) is 16.1 Å². The minimum Gasteiger partial charge on any atom is -0.334 e. The molecule has 100 valence electrons. The fourth-order valence-corrected chi connectivity index (χ4v) is 2.85. The highest BCUT2D eigenvalue weighted by Crippen LogP contribution is 2.33. The molecule has 1 aliphatic rings. The minimum absolute atomic E-state index is 0.686. The number of hydrogen-bond donors (Lipinski definition) is 1. The summed E-state index contributed by atoms with van der Waals surface area (Å²) in [6, 6.07) is 8.76. The number of rotatable bonds is 6. The summed E-state index contributed by atoms with van der Waals surface area (Å²) in [5, 5.41) is 3.55. The van der Waals surface area contributed by atoms with Gasteiger partial charge in [0.25, 0.3) is 0 Å². The van der Waals surface area contributed by atoms with Crippen molar-refractivity contribution in [3.05, 3.63) is 53.6 Å². The van der Waals surface area contributed by atoms with E-state index in [0.717, 1.165) is 31.9 Å². The first kappa shape index (κ1) is 12.4. The van der Waals surface area contributed by atoms with Gasteiger partial charge < -0.3 is 9.88 Å². The second-order valence-corrected chi connectivity index (χ2v) is 5.27. The summed E-state index contributed by atoms with van der Waals surface area (Å²) in [6.45, 7) is 5.17. The zero-order chi connectivity index (χ0) is 13.1. The Morgan fingerprint density at radius 1 is 1.37 bits per heavy atom. The molecule has 3 nitrogen and oxygen atoms in total. The largest absolute Gasteiger partial charge is 0.334 e. The Morgan fingerprint density at radius 3 is 3.11 bits per heavy atom. The Morgan fingerprint density at radius 2 is 2.26 bits per heavy atom. The third kappa shape index (κ3) is 2.56. The maximum Gasteiger partial charge on any atom is 0.122 e. The van der Waals surface area contributed by atoms with Gasteiger partial charge in [-0.05, 0) is 24.0 Å². The van der Waals surface area contributed by atoms with Crippen LogP contribution in [0.5, 0.6) is 0 Å². The van der Waals surface area contributed by atoms with E-state index in [-0.39, 0.29) is 0 Å². The monoisotopic (exact) mass is 255 g/mol. The lowest BCUT2D eigenvalue weighted by atomic mass is 9.78. The molecule has 2 aromatic rings. The molecule has 0 saturated heterocycles. The van der Waals surface area contributed by atoms with Crippen molar-refractivity contribution in [3.63, 3.8) is 0 Å². The van der Waals surface area contributed by atoms with Crippen molar-refractivity contribution in [1.29, 1.82) is 0 Å². The standard InChI is InChI=1S/C16H21N3/c1-2-8-19-9-7-18-16(19)12-17-11-14-10-13-5-3-4-6-15(13)14/h3-7,9,14,17H,2,8,10-12H2,1H3. The molecule has 1 heterocycles. The molecular formula is C16H21N3. The summed E-state index contributed by atoms with van der Waals surface area (Å²) >= 11 is 0. The Bertz CT molecular complexity index is 544. The first-order chi connectivity index (χ1) is 9.38. The SMILES string of the molecule is CCCn1ccnc1CNCC1Cc2ccccc21. The summed E-state index contributed by atoms with van der Waals surface area (Å²) in [7, 11) is 0. The molecular weight excluding hydrogens is 234 g/mol. The molecule has 1 atom stereocenters. The van der Waals surface area contributed by atoms with Crippen molar-refractivity contribution < 1.29 is 0 Å². The van der Waals surface area contributed by atoms with Crippen LogP contribution >= 0.6 is 0 Å². The Hall–Kier alpha value is -1.61. The van der Waals surface area contributed by atoms with Crippen LogP contribution in [0.25, 0.3) is 0 Å². The van der Waals surface area contributed by atoms with Crippen molar-refractivity contribution in [2.24, 2.45) is 0 Å². The molecule has 0 spiro atoms. The van der Waals surface area contributed by atoms with Crippen molar-refractivity contribution in [2.45, 2.75) is 38.8 Å². The van der Waals surface area contributed by atoms with E-state index in [4.69, 9.17) is 0 Å². The topological polar surface area (TPSA) is 29.9 Å². The van der Waals surface area contributed by atoms with E-state index in [2.05, 4.69) is 52.3 Å². The van der Waals surface area contributed by atoms with Gasteiger partial charge in [0, 0.05) is 31.4 Å². The van der Waals surface area contributed by atoms with Gasteiger partial charge in [-0.2, -0.15) is 0 Å². The molecule has 0 amide bonds. The van der Waals surface area contributed by atoms with Crippen molar-refractivity contribution in [3.8, 4) is 0 Å². The molecule has 19 heavy (non-hydrogen) atoms. The van der Waals surface area contributed by atoms with Crippen molar-refractivity contribution in [2.75, 3.05) is 6.54 Å². The Kier molecular flexibility index (Phi) is 3.65. The Labute approximate surface area is 114 Å². The number of aromatic nitrogens is 2. The molecule has 0 fully saturated rings. The van der Waals surface area contributed by atoms with Gasteiger partial charge in [0.2, 0.25) is 0 Å². The summed E-state index contributed by atoms with van der Waals surface area (Å²) < 4.78 is 2.24. The van der Waals surface area contributed by atoms with Gasteiger partial charge in [0.15, 0.2) is 0 Å². The maximum absolute atomic E-state index is 4.42. The summed E-state index contributed by atoms with van der Waals surface area (Å²) in [5.41, 5.74) is 3.04. The molecule has 0 radical (unpaired) electrons. The smallest absolute Gasteiger partial charge is 0.122 e. The first-order valence-corrected chi connectivity index (χ1v) is 7.17. The lowest BCUT2D eigenvalue weighted by Gasteiger charge is -2.30. The number of benzene rings is 1. The van der Waals surface area contributed by atoms with Gasteiger partial charge in [-0.25, -0.2) is 4.98 Å². The molecule has 0 aliphatic heterocycles. The molecule has 1 aromatic carbocycles. The van der Waals surface area contributed by atoms with Crippen LogP contribution < -0.4 is 5.32 Å². The molecule has 1 N–H and O–H groups in total. The summed E-state index contributed by atoms with van der Waals surface area (Å²) in [6.07, 6.45) is 6.33. The number of fused-ring (bicyclic) bond motifs is 1. The lowest BCUT2D eigenvalue weighted by molar-refractivity contribution is 0.515. The second kappa shape index (κ2) is 5.57. The van der Waals surface area contributed by atoms with E-state index in [1.807, 2.05) is 6.20 Å². The highest BCUT2D eigenvalue weighted by Gasteiger charge is 2.24. The van der Waals surface area contributed by atoms with Crippen LogP contribution in [0.1, 0.15) is 36.2 Å². The van der Waals surface area contributed by atoms with Crippen molar-refractivity contribution >= 4 is 0 Å². The second-order valence-electron chi connectivity index (χ2n) is 5.27. The number of imidazole rings is 1. The zero-order valence-corrected chi connectivity index (χ0v) is 11.5. The highest BCUT2D eigenvalue weighted by molar-refractivity contribution is 5.40. The molecule has 1 aliphatic carbocycles. The lowest BCUT2D eigenvalue weighted by Crippen LogP contribution is -2.29. The number of hydrogen-bond acceptors (Lipinski definition) is 2. The molecule has 0 bridgehead atoms. The van der Waals surface area contributed by atoms with Gasteiger partial charge in [-0.3, -0.25) is 0 Å². The quantitative estimate of drug-likeness (QED) is 0.860. The van der Waals surface area contributed by atoms with Crippen LogP contribution in [0.3, 0.4) is 0 Å². The van der Waals surface area contributed by atoms with Gasteiger partial charge in [-0.15, -0.1) is 0 Å². The average molecular weight is 255 g/mol. The van der Waals surface area contributed by atoms with E-state index in [1.165, 1.54) is 17.5 Å². The van der Waals surface area contributed by atoms with Crippen LogP contribution in [-0.2, 0) is 19.5 Å². The average Bonchev–Trinajstić information content (AvgIpc) is 2.83. The molecule has 1 aromatic heterocycles. The van der Waals surface area contributed by atoms with E-state index >= 15 is 0 Å². The zero-order valence-electron chi connectivity index (χ0n) is 11.5. The van der Waals surface area contributed by atoms with Crippen LogP contribution in [0, 0.1) is 0 Å². The predicted octanol–water partition coefficient (Wildman–Crippen LogP) is 2.72. The van der Waals surface area contributed by atoms with Crippen molar-refractivity contribution in [1.82, 2.24) is 14.9 Å². The molecule has 3 heteroatoms. The highest BCUT2D eigenvalue weighted by atomic mass is 15.1. The fraction of sp³-hybridized carbons (Fsp3) is 0.438. The van der Waals surface area contributed by atoms with Gasteiger partial charge >= 0.3 is 0 Å². The van der Waals surface area contributed by atoms with E-state index in [9.17, 15) is 0 Å². The third-order valence-electron chi connectivity index (χ3n) is 3.90. The van der Waals surface area contributed by atoms with Crippen LogP contribution in [0.2, 0.25) is 0 Å². The fourth-order valence-electron chi connectivity index (χ4n) is 2.85. The number of aryl methyl sites for hydroxylation is 1. The third-order valence-corrected chi connectivity index (χ3v) is 3.90. The predicted molar refractivity (Wildman–Crippen MR) is 77.1 cm³/mol. The summed E-state index contributed by atoms with van der Waals surface area (Å²) in [5.74, 6) is 1.83. The molecule has 0 saturated carbocycles. The minimum atomic E-state index is 0.686. The normalized spacial score (nSPS) is 17.0. The summed E-state index contributed by atoms with van der Waals surface area (Å²) in [4.78, 5) is 4.42. The maximum atomic E-state index is 4.42. The van der Waals surface area contributed by atoms with Crippen LogP contribution in [0.4, 0.5) is 0 Å².